The van der Waals surface area contributed by atoms with Gasteiger partial charge in [-0.1, -0.05) is 12.1 Å². The maximum absolute atomic E-state index is 12.3. The Bertz CT molecular complexity index is 1060. The zero-order valence-electron chi connectivity index (χ0n) is 14.0. The van der Waals surface area contributed by atoms with Gasteiger partial charge in [0.2, 0.25) is 0 Å². The van der Waals surface area contributed by atoms with Crippen LogP contribution in [-0.2, 0) is 6.61 Å². The summed E-state index contributed by atoms with van der Waals surface area (Å²) in [6.45, 7) is 2.36. The Morgan fingerprint density at radius 1 is 1.31 bits per heavy atom. The highest BCUT2D eigenvalue weighted by Crippen LogP contribution is 2.18. The third kappa shape index (κ3) is 3.43. The number of pyridine rings is 1. The van der Waals surface area contributed by atoms with Crippen molar-refractivity contribution in [3.63, 3.8) is 0 Å². The molecule has 130 valence electrons. The Labute approximate surface area is 154 Å². The van der Waals surface area contributed by atoms with E-state index in [1.165, 1.54) is 11.3 Å². The molecule has 1 N–H and O–H groups in total. The van der Waals surface area contributed by atoms with Gasteiger partial charge in [0.1, 0.15) is 18.0 Å². The number of rotatable bonds is 5. The first-order valence-electron chi connectivity index (χ1n) is 8.06. The molecular weight excluding hydrogens is 348 g/mol. The minimum absolute atomic E-state index is 0.214. The van der Waals surface area contributed by atoms with Crippen LogP contribution in [0.1, 0.15) is 21.6 Å². The molecule has 0 radical (unpaired) electrons. The maximum Gasteiger partial charge on any atom is 0.257 e. The van der Waals surface area contributed by atoms with Crippen molar-refractivity contribution in [1.82, 2.24) is 14.4 Å². The number of benzene rings is 1. The van der Waals surface area contributed by atoms with E-state index in [-0.39, 0.29) is 5.91 Å². The zero-order valence-corrected chi connectivity index (χ0v) is 14.9. The SMILES string of the molecule is Cc1cccn2cc(COc3cccc(C(=O)Nc4nccs4)c3)nc12. The average molecular weight is 364 g/mol. The molecule has 6 nitrogen and oxygen atoms in total. The maximum atomic E-state index is 12.3. The Morgan fingerprint density at radius 3 is 3.04 bits per heavy atom. The molecule has 7 heteroatoms. The van der Waals surface area contributed by atoms with E-state index in [9.17, 15) is 4.79 Å². The number of aryl methyl sites for hydroxylation is 1. The van der Waals surface area contributed by atoms with Crippen LogP contribution in [-0.4, -0.2) is 20.3 Å². The first kappa shape index (κ1) is 16.3. The van der Waals surface area contributed by atoms with Crippen LogP contribution in [0.15, 0.2) is 60.4 Å². The monoisotopic (exact) mass is 364 g/mol. The minimum atomic E-state index is -0.214. The molecule has 3 aromatic heterocycles. The number of carbonyl (C=O) groups excluding carboxylic acids is 1. The highest BCUT2D eigenvalue weighted by atomic mass is 32.1. The van der Waals surface area contributed by atoms with Crippen LogP contribution < -0.4 is 10.1 Å². The van der Waals surface area contributed by atoms with Gasteiger partial charge in [-0.15, -0.1) is 11.3 Å². The number of nitrogens with one attached hydrogen (secondary N) is 1. The molecule has 0 saturated carbocycles. The van der Waals surface area contributed by atoms with Crippen molar-refractivity contribution in [2.45, 2.75) is 13.5 Å². The van der Waals surface area contributed by atoms with Gasteiger partial charge in [-0.3, -0.25) is 10.1 Å². The van der Waals surface area contributed by atoms with Gasteiger partial charge in [0.05, 0.1) is 5.69 Å². The molecule has 0 atom stereocenters. The molecular formula is C19H16N4O2S. The van der Waals surface area contributed by atoms with Crippen LogP contribution >= 0.6 is 11.3 Å². The Balaban J connectivity index is 1.46. The molecule has 0 bridgehead atoms. The van der Waals surface area contributed by atoms with Gasteiger partial charge in [0, 0.05) is 29.5 Å². The molecule has 0 spiro atoms. The first-order chi connectivity index (χ1) is 12.7. The van der Waals surface area contributed by atoms with E-state index < -0.39 is 0 Å². The van der Waals surface area contributed by atoms with E-state index in [0.29, 0.717) is 23.1 Å². The highest BCUT2D eigenvalue weighted by molar-refractivity contribution is 7.13. The predicted molar refractivity (Wildman–Crippen MR) is 101 cm³/mol. The van der Waals surface area contributed by atoms with Crippen LogP contribution in [0.5, 0.6) is 5.75 Å². The summed E-state index contributed by atoms with van der Waals surface area (Å²) < 4.78 is 7.80. The summed E-state index contributed by atoms with van der Waals surface area (Å²) in [4.78, 5) is 20.9. The molecule has 0 aliphatic rings. The number of carbonyl (C=O) groups is 1. The second kappa shape index (κ2) is 6.97. The molecule has 1 aromatic carbocycles. The van der Waals surface area contributed by atoms with Crippen molar-refractivity contribution in [3.8, 4) is 5.75 Å². The number of hydrogen-bond donors (Lipinski definition) is 1. The van der Waals surface area contributed by atoms with Gasteiger partial charge in [-0.2, -0.15) is 0 Å². The minimum Gasteiger partial charge on any atom is -0.487 e. The zero-order chi connectivity index (χ0) is 17.9. The van der Waals surface area contributed by atoms with Crippen LogP contribution in [0.25, 0.3) is 5.65 Å². The summed E-state index contributed by atoms with van der Waals surface area (Å²) in [5.74, 6) is 0.402. The standard InChI is InChI=1S/C19H16N4O2S/c1-13-4-3-8-23-11-15(21-17(13)23)12-25-16-6-2-5-14(10-16)18(24)22-19-20-7-9-26-19/h2-11H,12H2,1H3,(H,20,22,24). The lowest BCUT2D eigenvalue weighted by atomic mass is 10.2. The normalized spacial score (nSPS) is 10.8. The van der Waals surface area contributed by atoms with Gasteiger partial charge >= 0.3 is 0 Å². The fraction of sp³-hybridized carbons (Fsp3) is 0.105. The molecule has 26 heavy (non-hydrogen) atoms. The number of ether oxygens (including phenoxy) is 1. The van der Waals surface area contributed by atoms with E-state index in [1.54, 1.807) is 24.4 Å². The summed E-state index contributed by atoms with van der Waals surface area (Å²) in [6.07, 6.45) is 5.56. The predicted octanol–water partition coefficient (Wildman–Crippen LogP) is 3.93. The highest BCUT2D eigenvalue weighted by Gasteiger charge is 2.09. The summed E-state index contributed by atoms with van der Waals surface area (Å²) in [5, 5.41) is 5.14. The van der Waals surface area contributed by atoms with E-state index >= 15 is 0 Å². The van der Waals surface area contributed by atoms with E-state index in [2.05, 4.69) is 15.3 Å². The van der Waals surface area contributed by atoms with Crippen molar-refractivity contribution >= 4 is 28.0 Å². The molecule has 0 saturated heterocycles. The van der Waals surface area contributed by atoms with E-state index in [1.807, 2.05) is 47.3 Å². The molecule has 4 aromatic rings. The lowest BCUT2D eigenvalue weighted by Crippen LogP contribution is -2.11. The largest absolute Gasteiger partial charge is 0.487 e. The third-order valence-electron chi connectivity index (χ3n) is 3.86. The molecule has 0 aliphatic heterocycles. The van der Waals surface area contributed by atoms with Crippen molar-refractivity contribution in [1.29, 1.82) is 0 Å². The molecule has 4 rings (SSSR count). The Hall–Kier alpha value is -3.19. The topological polar surface area (TPSA) is 68.5 Å². The number of anilines is 1. The van der Waals surface area contributed by atoms with E-state index in [4.69, 9.17) is 4.74 Å². The summed E-state index contributed by atoms with van der Waals surface area (Å²) >= 11 is 1.38. The van der Waals surface area contributed by atoms with Crippen molar-refractivity contribution in [3.05, 3.63) is 77.2 Å². The van der Waals surface area contributed by atoms with Gasteiger partial charge in [0.15, 0.2) is 5.13 Å². The fourth-order valence-electron chi connectivity index (χ4n) is 2.61. The first-order valence-corrected chi connectivity index (χ1v) is 8.94. The third-order valence-corrected chi connectivity index (χ3v) is 4.55. The number of amides is 1. The van der Waals surface area contributed by atoms with Crippen LogP contribution in [0.2, 0.25) is 0 Å². The second-order valence-corrected chi connectivity index (χ2v) is 6.66. The summed E-state index contributed by atoms with van der Waals surface area (Å²) in [7, 11) is 0. The number of aromatic nitrogens is 3. The smallest absolute Gasteiger partial charge is 0.257 e. The Kier molecular flexibility index (Phi) is 4.37. The molecule has 1 amide bonds. The van der Waals surface area contributed by atoms with Gasteiger partial charge in [-0.05, 0) is 36.8 Å². The van der Waals surface area contributed by atoms with Crippen molar-refractivity contribution < 1.29 is 9.53 Å². The second-order valence-electron chi connectivity index (χ2n) is 5.76. The average Bonchev–Trinajstić information content (AvgIpc) is 3.30. The Morgan fingerprint density at radius 2 is 2.23 bits per heavy atom. The molecule has 0 unspecified atom stereocenters. The lowest BCUT2D eigenvalue weighted by molar-refractivity contribution is 0.102. The van der Waals surface area contributed by atoms with Crippen LogP contribution in [0.3, 0.4) is 0 Å². The quantitative estimate of drug-likeness (QED) is 0.583. The fourth-order valence-corrected chi connectivity index (χ4v) is 3.14. The van der Waals surface area contributed by atoms with Gasteiger partial charge in [-0.25, -0.2) is 9.97 Å². The lowest BCUT2D eigenvalue weighted by Gasteiger charge is -2.06. The van der Waals surface area contributed by atoms with E-state index in [0.717, 1.165) is 16.9 Å². The number of nitrogens with zero attached hydrogens (tertiary/aromatic N) is 3. The number of imidazole rings is 1. The number of hydrogen-bond acceptors (Lipinski definition) is 5. The van der Waals surface area contributed by atoms with Gasteiger partial charge in [0.25, 0.3) is 5.91 Å². The molecule has 0 fully saturated rings. The summed E-state index contributed by atoms with van der Waals surface area (Å²) in [6, 6.07) is 11.1. The van der Waals surface area contributed by atoms with Gasteiger partial charge < -0.3 is 9.14 Å². The van der Waals surface area contributed by atoms with Crippen molar-refractivity contribution in [2.75, 3.05) is 5.32 Å². The summed E-state index contributed by atoms with van der Waals surface area (Å²) in [5.41, 5.74) is 3.38. The molecule has 3 heterocycles. The van der Waals surface area contributed by atoms with Crippen LogP contribution in [0, 0.1) is 6.92 Å². The number of thiazole rings is 1. The van der Waals surface area contributed by atoms with Crippen molar-refractivity contribution in [2.24, 2.45) is 0 Å². The number of fused-ring (bicyclic) bond motifs is 1. The molecule has 0 aliphatic carbocycles. The van der Waals surface area contributed by atoms with Crippen LogP contribution in [0.4, 0.5) is 5.13 Å².